The van der Waals surface area contributed by atoms with Gasteiger partial charge in [0, 0.05) is 30.7 Å². The van der Waals surface area contributed by atoms with Crippen LogP contribution >= 0.6 is 0 Å². The number of urea groups is 1. The number of benzene rings is 2. The van der Waals surface area contributed by atoms with Crippen LogP contribution in [0.5, 0.6) is 0 Å². The lowest BCUT2D eigenvalue weighted by molar-refractivity contribution is -0.137. The molecule has 170 valence electrons. The summed E-state index contributed by atoms with van der Waals surface area (Å²) in [5, 5.41) is 2.94. The van der Waals surface area contributed by atoms with E-state index >= 15 is 0 Å². The van der Waals surface area contributed by atoms with Crippen LogP contribution in [-0.2, 0) is 19.3 Å². The molecule has 0 aliphatic carbocycles. The third kappa shape index (κ3) is 6.39. The number of carbonyl (C=O) groups excluding carboxylic acids is 1. The van der Waals surface area contributed by atoms with E-state index in [2.05, 4.69) is 12.2 Å². The summed E-state index contributed by atoms with van der Waals surface area (Å²) < 4.78 is 41.0. The van der Waals surface area contributed by atoms with Crippen LogP contribution in [0.15, 0.2) is 66.9 Å². The van der Waals surface area contributed by atoms with E-state index in [4.69, 9.17) is 0 Å². The molecular formula is C25H28F3N3O. The summed E-state index contributed by atoms with van der Waals surface area (Å²) in [7, 11) is 0. The Morgan fingerprint density at radius 1 is 1.06 bits per heavy atom. The first kappa shape index (κ1) is 23.4. The van der Waals surface area contributed by atoms with Crippen LogP contribution in [0.1, 0.15) is 42.1 Å². The maximum atomic E-state index is 13.0. The van der Waals surface area contributed by atoms with Gasteiger partial charge in [-0.3, -0.25) is 0 Å². The van der Waals surface area contributed by atoms with Gasteiger partial charge in [-0.1, -0.05) is 43.2 Å². The van der Waals surface area contributed by atoms with E-state index in [-0.39, 0.29) is 6.03 Å². The predicted molar refractivity (Wildman–Crippen MR) is 120 cm³/mol. The van der Waals surface area contributed by atoms with Gasteiger partial charge >= 0.3 is 12.2 Å². The van der Waals surface area contributed by atoms with Crippen molar-refractivity contribution in [3.05, 3.63) is 89.2 Å². The molecule has 0 spiro atoms. The first-order chi connectivity index (χ1) is 15.3. The molecular weight excluding hydrogens is 415 g/mol. The second kappa shape index (κ2) is 10.4. The number of nitrogens with one attached hydrogen (secondary N) is 1. The molecule has 32 heavy (non-hydrogen) atoms. The van der Waals surface area contributed by atoms with Crippen molar-refractivity contribution in [1.82, 2.24) is 9.47 Å². The smallest absolute Gasteiger partial charge is 0.345 e. The number of anilines is 1. The van der Waals surface area contributed by atoms with Crippen molar-refractivity contribution in [2.75, 3.05) is 11.9 Å². The summed E-state index contributed by atoms with van der Waals surface area (Å²) >= 11 is 0. The van der Waals surface area contributed by atoms with E-state index in [1.54, 1.807) is 11.0 Å². The number of carbonyl (C=O) groups is 1. The van der Waals surface area contributed by atoms with Crippen molar-refractivity contribution in [3.63, 3.8) is 0 Å². The Labute approximate surface area is 186 Å². The molecule has 0 bridgehead atoms. The van der Waals surface area contributed by atoms with E-state index in [0.29, 0.717) is 25.2 Å². The lowest BCUT2D eigenvalue weighted by Gasteiger charge is -2.24. The topological polar surface area (TPSA) is 37.3 Å². The zero-order chi connectivity index (χ0) is 23.1. The molecule has 0 radical (unpaired) electrons. The Balaban J connectivity index is 1.74. The van der Waals surface area contributed by atoms with Gasteiger partial charge in [0.25, 0.3) is 0 Å². The molecule has 4 nitrogen and oxygen atoms in total. The third-order valence-corrected chi connectivity index (χ3v) is 5.26. The van der Waals surface area contributed by atoms with Gasteiger partial charge in [0.15, 0.2) is 0 Å². The number of aromatic nitrogens is 1. The van der Waals surface area contributed by atoms with Gasteiger partial charge in [0.1, 0.15) is 0 Å². The number of aryl methyl sites for hydroxylation is 1. The summed E-state index contributed by atoms with van der Waals surface area (Å²) in [6, 6.07) is 16.5. The molecule has 0 aliphatic heterocycles. The maximum Gasteiger partial charge on any atom is 0.416 e. The average molecular weight is 444 g/mol. The summed E-state index contributed by atoms with van der Waals surface area (Å²) in [6.45, 7) is 5.30. The van der Waals surface area contributed by atoms with Crippen LogP contribution in [0.4, 0.5) is 23.7 Å². The van der Waals surface area contributed by atoms with E-state index in [9.17, 15) is 18.0 Å². The summed E-state index contributed by atoms with van der Waals surface area (Å²) in [6.07, 6.45) is -0.749. The predicted octanol–water partition coefficient (Wildman–Crippen LogP) is 6.70. The number of hydrogen-bond acceptors (Lipinski definition) is 1. The van der Waals surface area contributed by atoms with Crippen LogP contribution < -0.4 is 5.32 Å². The first-order valence-corrected chi connectivity index (χ1v) is 10.7. The Morgan fingerprint density at radius 2 is 1.81 bits per heavy atom. The minimum Gasteiger partial charge on any atom is -0.345 e. The Kier molecular flexibility index (Phi) is 7.62. The standard InChI is InChI=1S/C25H28F3N3O/c1-3-4-14-31(24(32)29-22-12-10-19(2)11-13-22)18-23-9-6-15-30(23)17-20-7-5-8-21(16-20)25(26,27)28/h5-13,15-16H,3-4,14,17-18H2,1-2H3,(H,29,32). The number of nitrogens with zero attached hydrogens (tertiary/aromatic N) is 2. The number of unbranched alkanes of at least 4 members (excludes halogenated alkanes) is 1. The van der Waals surface area contributed by atoms with Crippen LogP contribution in [0.3, 0.4) is 0 Å². The van der Waals surface area contributed by atoms with Gasteiger partial charge in [-0.05, 0) is 55.3 Å². The lowest BCUT2D eigenvalue weighted by Crippen LogP contribution is -2.36. The number of hydrogen-bond donors (Lipinski definition) is 1. The SMILES string of the molecule is CCCCN(Cc1cccn1Cc1cccc(C(F)(F)F)c1)C(=O)Nc1ccc(C)cc1. The molecule has 3 rings (SSSR count). The van der Waals surface area contributed by atoms with Crippen LogP contribution in [0.2, 0.25) is 0 Å². The monoisotopic (exact) mass is 443 g/mol. The number of rotatable bonds is 8. The minimum absolute atomic E-state index is 0.200. The normalized spacial score (nSPS) is 11.4. The van der Waals surface area contributed by atoms with Gasteiger partial charge in [-0.2, -0.15) is 13.2 Å². The van der Waals surface area contributed by atoms with Gasteiger partial charge in [0.05, 0.1) is 12.1 Å². The van der Waals surface area contributed by atoms with Crippen LogP contribution in [0, 0.1) is 6.92 Å². The zero-order valence-electron chi connectivity index (χ0n) is 18.3. The highest BCUT2D eigenvalue weighted by atomic mass is 19.4. The Hall–Kier alpha value is -3.22. The fourth-order valence-electron chi connectivity index (χ4n) is 3.43. The van der Waals surface area contributed by atoms with E-state index in [1.165, 1.54) is 12.1 Å². The fraction of sp³-hybridized carbons (Fsp3) is 0.320. The maximum absolute atomic E-state index is 13.0. The molecule has 2 amide bonds. The highest BCUT2D eigenvalue weighted by Crippen LogP contribution is 2.29. The molecule has 0 atom stereocenters. The van der Waals surface area contributed by atoms with Crippen molar-refractivity contribution in [1.29, 1.82) is 0 Å². The number of alkyl halides is 3. The van der Waals surface area contributed by atoms with Crippen LogP contribution in [-0.4, -0.2) is 22.0 Å². The molecule has 0 unspecified atom stereocenters. The zero-order valence-corrected chi connectivity index (χ0v) is 18.3. The van der Waals surface area contributed by atoms with E-state index < -0.39 is 11.7 Å². The van der Waals surface area contributed by atoms with Crippen molar-refractivity contribution in [3.8, 4) is 0 Å². The van der Waals surface area contributed by atoms with E-state index in [0.717, 1.165) is 35.9 Å². The molecule has 3 aromatic rings. The van der Waals surface area contributed by atoms with E-state index in [1.807, 2.05) is 54.1 Å². The van der Waals surface area contributed by atoms with Gasteiger partial charge < -0.3 is 14.8 Å². The highest BCUT2D eigenvalue weighted by Gasteiger charge is 2.30. The Bertz CT molecular complexity index is 1030. The van der Waals surface area contributed by atoms with Gasteiger partial charge in [0.2, 0.25) is 0 Å². The third-order valence-electron chi connectivity index (χ3n) is 5.26. The second-order valence-corrected chi connectivity index (χ2v) is 7.90. The molecule has 7 heteroatoms. The van der Waals surface area contributed by atoms with Crippen molar-refractivity contribution in [2.24, 2.45) is 0 Å². The van der Waals surface area contributed by atoms with Crippen molar-refractivity contribution >= 4 is 11.7 Å². The van der Waals surface area contributed by atoms with Crippen LogP contribution in [0.25, 0.3) is 0 Å². The molecule has 1 aromatic heterocycles. The molecule has 1 heterocycles. The highest BCUT2D eigenvalue weighted by molar-refractivity contribution is 5.89. The molecule has 0 saturated carbocycles. The first-order valence-electron chi connectivity index (χ1n) is 10.7. The molecule has 0 fully saturated rings. The second-order valence-electron chi connectivity index (χ2n) is 7.90. The lowest BCUT2D eigenvalue weighted by atomic mass is 10.1. The molecule has 1 N–H and O–H groups in total. The molecule has 2 aromatic carbocycles. The fourth-order valence-corrected chi connectivity index (χ4v) is 3.43. The molecule has 0 saturated heterocycles. The number of amides is 2. The summed E-state index contributed by atoms with van der Waals surface area (Å²) in [4.78, 5) is 14.7. The minimum atomic E-state index is -4.37. The number of halogens is 3. The van der Waals surface area contributed by atoms with Crippen molar-refractivity contribution in [2.45, 2.75) is 46.0 Å². The van der Waals surface area contributed by atoms with Gasteiger partial charge in [-0.15, -0.1) is 0 Å². The largest absolute Gasteiger partial charge is 0.416 e. The Morgan fingerprint density at radius 3 is 2.50 bits per heavy atom. The average Bonchev–Trinajstić information content (AvgIpc) is 3.18. The summed E-state index contributed by atoms with van der Waals surface area (Å²) in [5.74, 6) is 0. The molecule has 0 aliphatic rings. The van der Waals surface area contributed by atoms with Crippen molar-refractivity contribution < 1.29 is 18.0 Å². The summed E-state index contributed by atoms with van der Waals surface area (Å²) in [5.41, 5.74) is 2.59. The quantitative estimate of drug-likeness (QED) is 0.413. The van der Waals surface area contributed by atoms with Gasteiger partial charge in [-0.25, -0.2) is 4.79 Å².